The summed E-state index contributed by atoms with van der Waals surface area (Å²) in [5.41, 5.74) is 1.12. The Hall–Kier alpha value is -4.70. The summed E-state index contributed by atoms with van der Waals surface area (Å²) in [4.78, 5) is 29.6. The Morgan fingerprint density at radius 3 is 2.11 bits per heavy atom. The smallest absolute Gasteiger partial charge is 0.264 e. The molecule has 0 unspecified atom stereocenters. The molecule has 0 saturated carbocycles. The molecule has 0 heterocycles. The summed E-state index contributed by atoms with van der Waals surface area (Å²) in [6, 6.07) is 28.2. The number of nitrogens with one attached hydrogen (secondary N) is 1. The maximum atomic E-state index is 15.0. The molecule has 0 bridgehead atoms. The van der Waals surface area contributed by atoms with Crippen LogP contribution in [0.3, 0.4) is 0 Å². The molecule has 10 heteroatoms. The summed E-state index contributed by atoms with van der Waals surface area (Å²) in [7, 11) is -2.88. The highest BCUT2D eigenvalue weighted by atomic mass is 32.2. The quantitative estimate of drug-likeness (QED) is 0.196. The van der Waals surface area contributed by atoms with E-state index in [0.29, 0.717) is 6.42 Å². The first-order valence-electron chi connectivity index (χ1n) is 14.7. The number of rotatable bonds is 14. The number of nitrogens with zero attached hydrogens (tertiary/aromatic N) is 2. The van der Waals surface area contributed by atoms with E-state index in [-0.39, 0.29) is 40.9 Å². The van der Waals surface area contributed by atoms with Gasteiger partial charge in [-0.05, 0) is 49.2 Å². The molecule has 0 aliphatic heterocycles. The van der Waals surface area contributed by atoms with E-state index in [9.17, 15) is 18.0 Å². The predicted molar refractivity (Wildman–Crippen MR) is 173 cm³/mol. The van der Waals surface area contributed by atoms with E-state index in [4.69, 9.17) is 4.74 Å². The number of hydrogen-bond donors (Lipinski definition) is 1. The third kappa shape index (κ3) is 8.27. The van der Waals surface area contributed by atoms with E-state index in [2.05, 4.69) is 5.32 Å². The number of hydrogen-bond acceptors (Lipinski definition) is 5. The summed E-state index contributed by atoms with van der Waals surface area (Å²) in [5.74, 6) is -1.42. The second-order valence-corrected chi connectivity index (χ2v) is 12.5. The van der Waals surface area contributed by atoms with Gasteiger partial charge in [0.25, 0.3) is 10.0 Å². The fraction of sp³-hybridized carbons (Fsp3) is 0.257. The minimum atomic E-state index is -4.29. The number of methoxy groups -OCH3 is 1. The van der Waals surface area contributed by atoms with Crippen molar-refractivity contribution < 1.29 is 27.1 Å². The number of halogens is 1. The van der Waals surface area contributed by atoms with Gasteiger partial charge in [-0.3, -0.25) is 13.9 Å². The maximum absolute atomic E-state index is 15.0. The van der Waals surface area contributed by atoms with Crippen molar-refractivity contribution in [3.05, 3.63) is 126 Å². The molecule has 236 valence electrons. The molecule has 4 aromatic rings. The first kappa shape index (κ1) is 33.2. The van der Waals surface area contributed by atoms with Crippen LogP contribution >= 0.6 is 0 Å². The number of para-hydroxylation sites is 2. The van der Waals surface area contributed by atoms with Crippen molar-refractivity contribution in [1.82, 2.24) is 10.2 Å². The molecule has 0 aliphatic rings. The molecule has 0 aromatic heterocycles. The van der Waals surface area contributed by atoms with Crippen LogP contribution in [0.4, 0.5) is 10.1 Å². The molecule has 45 heavy (non-hydrogen) atoms. The Morgan fingerprint density at radius 1 is 0.867 bits per heavy atom. The summed E-state index contributed by atoms with van der Waals surface area (Å²) in [5, 5.41) is 2.97. The van der Waals surface area contributed by atoms with Crippen LogP contribution in [0, 0.1) is 5.82 Å². The third-order valence-corrected chi connectivity index (χ3v) is 9.31. The standard InChI is InChI=1S/C35H38FN3O5S/c1-4-26(2)37-35(41)32(23-27-15-7-5-8-16-27)38(24-28-17-11-12-20-30(28)36)34(40)25-39(31-21-13-14-22-33(31)44-3)45(42,43)29-18-9-6-10-19-29/h5-22,26,32H,4,23-25H2,1-3H3,(H,37,41)/t26-,32+/m0/s1. The van der Waals surface area contributed by atoms with E-state index in [0.717, 1.165) is 9.87 Å². The zero-order valence-electron chi connectivity index (χ0n) is 25.6. The van der Waals surface area contributed by atoms with E-state index in [1.54, 1.807) is 54.6 Å². The van der Waals surface area contributed by atoms with Crippen molar-refractivity contribution in [3.8, 4) is 5.75 Å². The minimum Gasteiger partial charge on any atom is -0.495 e. The normalized spacial score (nSPS) is 12.5. The molecule has 2 amide bonds. The van der Waals surface area contributed by atoms with Crippen LogP contribution in [0.5, 0.6) is 5.75 Å². The summed E-state index contributed by atoms with van der Waals surface area (Å²) < 4.78 is 49.7. The van der Waals surface area contributed by atoms with Gasteiger partial charge in [0.1, 0.15) is 24.2 Å². The number of ether oxygens (including phenoxy) is 1. The fourth-order valence-electron chi connectivity index (χ4n) is 4.87. The zero-order valence-corrected chi connectivity index (χ0v) is 26.4. The van der Waals surface area contributed by atoms with Crippen molar-refractivity contribution in [1.29, 1.82) is 0 Å². The Morgan fingerprint density at radius 2 is 1.47 bits per heavy atom. The first-order valence-corrected chi connectivity index (χ1v) is 16.2. The van der Waals surface area contributed by atoms with Gasteiger partial charge in [-0.15, -0.1) is 0 Å². The lowest BCUT2D eigenvalue weighted by Gasteiger charge is -2.34. The molecular weight excluding hydrogens is 593 g/mol. The zero-order chi connectivity index (χ0) is 32.4. The molecule has 1 N–H and O–H groups in total. The van der Waals surface area contributed by atoms with Gasteiger partial charge in [0.15, 0.2) is 0 Å². The summed E-state index contributed by atoms with van der Waals surface area (Å²) >= 11 is 0. The van der Waals surface area contributed by atoms with Crippen LogP contribution in [0.2, 0.25) is 0 Å². The molecule has 8 nitrogen and oxygen atoms in total. The lowest BCUT2D eigenvalue weighted by atomic mass is 10.0. The SMILES string of the molecule is CC[C@H](C)NC(=O)[C@@H](Cc1ccccc1)N(Cc1ccccc1F)C(=O)CN(c1ccccc1OC)S(=O)(=O)c1ccccc1. The Bertz CT molecular complexity index is 1690. The molecular formula is C35H38FN3O5S. The molecule has 0 saturated heterocycles. The number of carbonyl (C=O) groups excluding carboxylic acids is 2. The lowest BCUT2D eigenvalue weighted by Crippen LogP contribution is -2.54. The fourth-order valence-corrected chi connectivity index (χ4v) is 6.32. The maximum Gasteiger partial charge on any atom is 0.264 e. The van der Waals surface area contributed by atoms with Gasteiger partial charge in [-0.25, -0.2) is 12.8 Å². The monoisotopic (exact) mass is 631 g/mol. The second-order valence-electron chi connectivity index (χ2n) is 10.6. The van der Waals surface area contributed by atoms with Crippen LogP contribution in [0.15, 0.2) is 114 Å². The van der Waals surface area contributed by atoms with Gasteiger partial charge in [0.05, 0.1) is 17.7 Å². The predicted octanol–water partition coefficient (Wildman–Crippen LogP) is 5.58. The highest BCUT2D eigenvalue weighted by Gasteiger charge is 2.36. The van der Waals surface area contributed by atoms with E-state index >= 15 is 4.39 Å². The van der Waals surface area contributed by atoms with E-state index in [1.165, 1.54) is 36.3 Å². The van der Waals surface area contributed by atoms with Crippen molar-refractivity contribution in [2.75, 3.05) is 18.0 Å². The second kappa shape index (κ2) is 15.3. The number of sulfonamides is 1. The third-order valence-electron chi connectivity index (χ3n) is 7.53. The van der Waals surface area contributed by atoms with Crippen LogP contribution in [0.1, 0.15) is 31.4 Å². The van der Waals surface area contributed by atoms with Crippen LogP contribution in [-0.4, -0.2) is 50.9 Å². The van der Waals surface area contributed by atoms with Crippen molar-refractivity contribution in [2.24, 2.45) is 0 Å². The summed E-state index contributed by atoms with van der Waals surface area (Å²) in [6.07, 6.45) is 0.783. The van der Waals surface area contributed by atoms with Crippen molar-refractivity contribution in [3.63, 3.8) is 0 Å². The van der Waals surface area contributed by atoms with Gasteiger partial charge in [0, 0.05) is 24.6 Å². The summed E-state index contributed by atoms with van der Waals surface area (Å²) in [6.45, 7) is 2.85. The first-order chi connectivity index (χ1) is 21.6. The van der Waals surface area contributed by atoms with Gasteiger partial charge in [0.2, 0.25) is 11.8 Å². The van der Waals surface area contributed by atoms with Crippen LogP contribution in [0.25, 0.3) is 0 Å². The molecule has 0 spiro atoms. The average molecular weight is 632 g/mol. The van der Waals surface area contributed by atoms with Crippen molar-refractivity contribution >= 4 is 27.5 Å². The topological polar surface area (TPSA) is 96.0 Å². The average Bonchev–Trinajstić information content (AvgIpc) is 3.06. The molecule has 4 aromatic carbocycles. The number of anilines is 1. The van der Waals surface area contributed by atoms with Gasteiger partial charge < -0.3 is 15.0 Å². The molecule has 4 rings (SSSR count). The van der Waals surface area contributed by atoms with Gasteiger partial charge in [-0.1, -0.05) is 85.8 Å². The number of amides is 2. The lowest BCUT2D eigenvalue weighted by molar-refractivity contribution is -0.140. The molecule has 0 radical (unpaired) electrons. The Kier molecular flexibility index (Phi) is 11.3. The minimum absolute atomic E-state index is 0.0280. The Labute approximate surface area is 264 Å². The number of carbonyl (C=O) groups is 2. The molecule has 0 aliphatic carbocycles. The number of benzene rings is 4. The molecule has 2 atom stereocenters. The highest BCUT2D eigenvalue weighted by Crippen LogP contribution is 2.32. The van der Waals surface area contributed by atoms with Crippen LogP contribution < -0.4 is 14.4 Å². The van der Waals surface area contributed by atoms with Crippen LogP contribution in [-0.2, 0) is 32.6 Å². The Balaban J connectivity index is 1.84. The van der Waals surface area contributed by atoms with Gasteiger partial charge in [-0.2, -0.15) is 0 Å². The molecule has 0 fully saturated rings. The van der Waals surface area contributed by atoms with Crippen molar-refractivity contribution in [2.45, 2.75) is 50.2 Å². The van der Waals surface area contributed by atoms with Gasteiger partial charge >= 0.3 is 0 Å². The van der Waals surface area contributed by atoms with E-state index < -0.39 is 40.2 Å². The van der Waals surface area contributed by atoms with E-state index in [1.807, 2.05) is 44.2 Å². The highest BCUT2D eigenvalue weighted by molar-refractivity contribution is 7.92. The largest absolute Gasteiger partial charge is 0.495 e.